The summed E-state index contributed by atoms with van der Waals surface area (Å²) in [5.41, 5.74) is 0.776. The minimum atomic E-state index is 0.168. The molecule has 2 fully saturated rings. The third-order valence-corrected chi connectivity index (χ3v) is 4.72. The number of halogens is 1. The van der Waals surface area contributed by atoms with Crippen LogP contribution in [-0.4, -0.2) is 52.5 Å². The van der Waals surface area contributed by atoms with Gasteiger partial charge in [-0.1, -0.05) is 0 Å². The van der Waals surface area contributed by atoms with Crippen molar-refractivity contribution in [3.8, 4) is 0 Å². The van der Waals surface area contributed by atoms with Crippen molar-refractivity contribution in [1.29, 1.82) is 0 Å². The minimum Gasteiger partial charge on any atom is -0.345 e. The van der Waals surface area contributed by atoms with E-state index < -0.39 is 0 Å². The van der Waals surface area contributed by atoms with E-state index in [2.05, 4.69) is 20.8 Å². The Morgan fingerprint density at radius 3 is 2.84 bits per heavy atom. The molecule has 0 aromatic carbocycles. The van der Waals surface area contributed by atoms with E-state index in [1.165, 1.54) is 19.4 Å². The average Bonchev–Trinajstić information content (AvgIpc) is 2.89. The van der Waals surface area contributed by atoms with E-state index in [9.17, 15) is 4.79 Å². The topological polar surface area (TPSA) is 28.5 Å². The van der Waals surface area contributed by atoms with E-state index >= 15 is 0 Å². The Hall–Kier alpha value is -0.810. The highest BCUT2D eigenvalue weighted by Crippen LogP contribution is 2.23. The van der Waals surface area contributed by atoms with Gasteiger partial charge >= 0.3 is 0 Å². The van der Waals surface area contributed by atoms with Crippen LogP contribution in [0.3, 0.4) is 0 Å². The molecule has 1 aromatic heterocycles. The number of aryl methyl sites for hydroxylation is 1. The number of nitrogens with zero attached hydrogens (tertiary/aromatic N) is 3. The van der Waals surface area contributed by atoms with Gasteiger partial charge in [-0.05, 0) is 47.8 Å². The summed E-state index contributed by atoms with van der Waals surface area (Å²) in [5, 5.41) is 0. The van der Waals surface area contributed by atoms with Gasteiger partial charge in [-0.15, -0.1) is 0 Å². The molecule has 4 nitrogen and oxygen atoms in total. The number of carbonyl (C=O) groups excluding carboxylic acids is 1. The molecule has 2 aliphatic heterocycles. The van der Waals surface area contributed by atoms with Crippen LogP contribution in [0, 0.1) is 0 Å². The van der Waals surface area contributed by atoms with Crippen LogP contribution in [-0.2, 0) is 7.05 Å². The number of hydrogen-bond acceptors (Lipinski definition) is 2. The number of amides is 1. The Labute approximate surface area is 122 Å². The Morgan fingerprint density at radius 2 is 2.11 bits per heavy atom. The lowest BCUT2D eigenvalue weighted by Gasteiger charge is -2.25. The van der Waals surface area contributed by atoms with E-state index in [0.29, 0.717) is 6.04 Å². The third-order valence-electron chi connectivity index (χ3n) is 4.28. The largest absolute Gasteiger partial charge is 0.345 e. The summed E-state index contributed by atoms with van der Waals surface area (Å²) in [6, 6.07) is 2.50. The number of fused-ring (bicyclic) bond motifs is 1. The summed E-state index contributed by atoms with van der Waals surface area (Å²) in [6.07, 6.45) is 5.55. The summed E-state index contributed by atoms with van der Waals surface area (Å²) in [4.78, 5) is 17.2. The van der Waals surface area contributed by atoms with Gasteiger partial charge in [-0.3, -0.25) is 9.69 Å². The lowest BCUT2D eigenvalue weighted by Crippen LogP contribution is -2.40. The maximum absolute atomic E-state index is 12.6. The Balaban J connectivity index is 1.77. The summed E-state index contributed by atoms with van der Waals surface area (Å²) >= 11 is 3.44. The molecule has 1 amide bonds. The number of rotatable bonds is 1. The normalized spacial score (nSPS) is 24.3. The van der Waals surface area contributed by atoms with Gasteiger partial charge in [-0.2, -0.15) is 0 Å². The molecule has 5 heteroatoms. The van der Waals surface area contributed by atoms with Crippen molar-refractivity contribution in [3.05, 3.63) is 22.4 Å². The predicted molar refractivity (Wildman–Crippen MR) is 78.2 cm³/mol. The quantitative estimate of drug-likeness (QED) is 0.791. The van der Waals surface area contributed by atoms with E-state index in [1.54, 1.807) is 0 Å². The van der Waals surface area contributed by atoms with Gasteiger partial charge in [0, 0.05) is 43.4 Å². The summed E-state index contributed by atoms with van der Waals surface area (Å²) in [7, 11) is 1.93. The molecule has 1 aromatic rings. The van der Waals surface area contributed by atoms with E-state index in [1.807, 2.05) is 28.8 Å². The molecule has 2 aliphatic rings. The molecule has 0 saturated carbocycles. The van der Waals surface area contributed by atoms with Crippen LogP contribution >= 0.6 is 15.9 Å². The van der Waals surface area contributed by atoms with Crippen LogP contribution in [0.4, 0.5) is 0 Å². The number of carbonyl (C=O) groups is 1. The van der Waals surface area contributed by atoms with Crippen LogP contribution < -0.4 is 0 Å². The molecule has 0 bridgehead atoms. The zero-order valence-corrected chi connectivity index (χ0v) is 12.9. The predicted octanol–water partition coefficient (Wildman–Crippen LogP) is 2.10. The first-order chi connectivity index (χ1) is 9.15. The van der Waals surface area contributed by atoms with Gasteiger partial charge in [0.05, 0.1) is 0 Å². The molecule has 1 unspecified atom stereocenters. The maximum Gasteiger partial charge on any atom is 0.270 e. The van der Waals surface area contributed by atoms with Crippen LogP contribution in [0.2, 0.25) is 0 Å². The van der Waals surface area contributed by atoms with Gasteiger partial charge in [0.2, 0.25) is 0 Å². The second kappa shape index (κ2) is 5.29. The van der Waals surface area contributed by atoms with Gasteiger partial charge in [-0.25, -0.2) is 0 Å². The second-order valence-electron chi connectivity index (χ2n) is 5.59. The van der Waals surface area contributed by atoms with E-state index in [-0.39, 0.29) is 5.91 Å². The molecule has 0 N–H and O–H groups in total. The van der Waals surface area contributed by atoms with Gasteiger partial charge in [0.25, 0.3) is 5.91 Å². The molecule has 3 heterocycles. The van der Waals surface area contributed by atoms with Crippen molar-refractivity contribution in [3.63, 3.8) is 0 Å². The Morgan fingerprint density at radius 1 is 1.32 bits per heavy atom. The molecule has 0 aliphatic carbocycles. The van der Waals surface area contributed by atoms with Crippen LogP contribution in [0.25, 0.3) is 0 Å². The highest BCUT2D eigenvalue weighted by atomic mass is 79.9. The lowest BCUT2D eigenvalue weighted by atomic mass is 10.2. The van der Waals surface area contributed by atoms with Crippen LogP contribution in [0.1, 0.15) is 29.8 Å². The van der Waals surface area contributed by atoms with Crippen molar-refractivity contribution >= 4 is 21.8 Å². The third kappa shape index (κ3) is 2.58. The fourth-order valence-corrected chi connectivity index (χ4v) is 3.81. The number of hydrogen-bond donors (Lipinski definition) is 0. The molecule has 104 valence electrons. The van der Waals surface area contributed by atoms with Crippen molar-refractivity contribution in [1.82, 2.24) is 14.4 Å². The molecule has 19 heavy (non-hydrogen) atoms. The second-order valence-corrected chi connectivity index (χ2v) is 6.51. The van der Waals surface area contributed by atoms with Crippen LogP contribution in [0.15, 0.2) is 16.7 Å². The average molecular weight is 326 g/mol. The molecule has 2 saturated heterocycles. The van der Waals surface area contributed by atoms with Gasteiger partial charge in [0.15, 0.2) is 0 Å². The summed E-state index contributed by atoms with van der Waals surface area (Å²) in [5.74, 6) is 0.168. The molecule has 3 rings (SSSR count). The summed E-state index contributed by atoms with van der Waals surface area (Å²) in [6.45, 7) is 4.13. The number of aromatic nitrogens is 1. The van der Waals surface area contributed by atoms with E-state index in [0.717, 1.165) is 36.2 Å². The van der Waals surface area contributed by atoms with Crippen molar-refractivity contribution in [2.24, 2.45) is 7.05 Å². The zero-order chi connectivity index (χ0) is 13.4. The Kier molecular flexibility index (Phi) is 3.67. The van der Waals surface area contributed by atoms with Gasteiger partial charge < -0.3 is 9.47 Å². The first-order valence-corrected chi connectivity index (χ1v) is 7.79. The monoisotopic (exact) mass is 325 g/mol. The van der Waals surface area contributed by atoms with Crippen LogP contribution in [0.5, 0.6) is 0 Å². The Bertz CT molecular complexity index is 485. The smallest absolute Gasteiger partial charge is 0.270 e. The van der Waals surface area contributed by atoms with E-state index in [4.69, 9.17) is 0 Å². The van der Waals surface area contributed by atoms with Crippen molar-refractivity contribution in [2.45, 2.75) is 25.3 Å². The summed E-state index contributed by atoms with van der Waals surface area (Å²) < 4.78 is 2.87. The highest BCUT2D eigenvalue weighted by molar-refractivity contribution is 9.10. The first-order valence-electron chi connectivity index (χ1n) is 7.00. The fraction of sp³-hybridized carbons (Fsp3) is 0.643. The SMILES string of the molecule is Cn1cc(Br)cc1C(=O)N1CCCN2CCCC2C1. The molecule has 0 spiro atoms. The molecule has 0 radical (unpaired) electrons. The molecular weight excluding hydrogens is 306 g/mol. The highest BCUT2D eigenvalue weighted by Gasteiger charge is 2.31. The lowest BCUT2D eigenvalue weighted by molar-refractivity contribution is 0.0734. The standard InChI is InChI=1S/C14H20BrN3O/c1-16-9-11(15)8-13(16)14(19)18-7-3-6-17-5-2-4-12(17)10-18/h8-9,12H,2-7,10H2,1H3. The van der Waals surface area contributed by atoms with Crippen molar-refractivity contribution in [2.75, 3.05) is 26.2 Å². The maximum atomic E-state index is 12.6. The molecular formula is C14H20BrN3O. The molecule has 1 atom stereocenters. The van der Waals surface area contributed by atoms with Gasteiger partial charge in [0.1, 0.15) is 5.69 Å². The zero-order valence-electron chi connectivity index (χ0n) is 11.3. The van der Waals surface area contributed by atoms with Crippen molar-refractivity contribution < 1.29 is 4.79 Å². The fourth-order valence-electron chi connectivity index (χ4n) is 3.29. The minimum absolute atomic E-state index is 0.168. The first kappa shape index (κ1) is 13.2.